The number of carbonyl (C=O) groups is 2. The zero-order valence-corrected chi connectivity index (χ0v) is 14.1. The number of nitrogens with one attached hydrogen (secondary N) is 1. The molecule has 0 aliphatic carbocycles. The molecule has 23 heavy (non-hydrogen) atoms. The molecule has 2 rings (SSSR count). The van der Waals surface area contributed by atoms with Crippen LogP contribution in [-0.2, 0) is 19.1 Å². The molecule has 1 aromatic heterocycles. The fraction of sp³-hybridized carbons (Fsp3) is 0.533. The first-order chi connectivity index (χ1) is 10.6. The Morgan fingerprint density at radius 2 is 1.83 bits per heavy atom. The average Bonchev–Trinajstić information content (AvgIpc) is 2.92. The number of hydrogen-bond acceptors (Lipinski definition) is 6. The van der Waals surface area contributed by atoms with Gasteiger partial charge in [0.05, 0.1) is 14.2 Å². The Morgan fingerprint density at radius 1 is 1.22 bits per heavy atom. The maximum Gasteiger partial charge on any atom is 0.340 e. The summed E-state index contributed by atoms with van der Waals surface area (Å²) < 4.78 is 12.3. The molecule has 1 atom stereocenters. The second-order valence-corrected chi connectivity index (χ2v) is 6.33. The van der Waals surface area contributed by atoms with Gasteiger partial charge in [0.15, 0.2) is 6.04 Å². The molecule has 1 aromatic rings. The topological polar surface area (TPSA) is 91.6 Å². The second-order valence-electron chi connectivity index (χ2n) is 6.33. The van der Waals surface area contributed by atoms with Crippen LogP contribution in [0.1, 0.15) is 32.5 Å². The lowest BCUT2D eigenvalue weighted by atomic mass is 10.1. The largest absolute Gasteiger partial charge is 0.467 e. The number of methoxy groups -OCH3 is 2. The lowest BCUT2D eigenvalue weighted by Crippen LogP contribution is -2.37. The number of ether oxygens (including phenoxy) is 2. The molecule has 8 heteroatoms. The van der Waals surface area contributed by atoms with Crippen LogP contribution >= 0.6 is 0 Å². The van der Waals surface area contributed by atoms with Gasteiger partial charge in [-0.05, 0) is 27.7 Å². The lowest BCUT2D eigenvalue weighted by Gasteiger charge is -2.24. The first kappa shape index (κ1) is 16.9. The van der Waals surface area contributed by atoms with Crippen LogP contribution in [0.15, 0.2) is 16.4 Å². The molecule has 0 spiro atoms. The highest BCUT2D eigenvalue weighted by atomic mass is 16.5. The number of hydrogen-bond donors (Lipinski definition) is 1. The molecule has 8 nitrogen and oxygen atoms in total. The summed E-state index contributed by atoms with van der Waals surface area (Å²) in [4.78, 5) is 36.7. The van der Waals surface area contributed by atoms with Crippen LogP contribution in [0, 0.1) is 6.92 Å². The Kier molecular flexibility index (Phi) is 4.10. The number of rotatable bonds is 3. The molecular formula is C15H21N3O5. The van der Waals surface area contributed by atoms with Crippen LogP contribution in [0.2, 0.25) is 0 Å². The summed E-state index contributed by atoms with van der Waals surface area (Å²) in [6.07, 6.45) is 0. The minimum absolute atomic E-state index is 0.0510. The van der Waals surface area contributed by atoms with E-state index in [2.05, 4.69) is 5.32 Å². The van der Waals surface area contributed by atoms with Crippen LogP contribution < -0.4 is 10.9 Å². The third-order valence-electron chi connectivity index (χ3n) is 3.42. The second kappa shape index (κ2) is 5.60. The highest BCUT2D eigenvalue weighted by molar-refractivity contribution is 6.02. The van der Waals surface area contributed by atoms with Gasteiger partial charge in [0.25, 0.3) is 5.56 Å². The number of aryl methyl sites for hydroxylation is 1. The Labute approximate surface area is 133 Å². The lowest BCUT2D eigenvalue weighted by molar-refractivity contribution is -0.146. The summed E-state index contributed by atoms with van der Waals surface area (Å²) in [5.41, 5.74) is -0.161. The number of fused-ring (bicyclic) bond motifs is 1. The van der Waals surface area contributed by atoms with Crippen molar-refractivity contribution in [1.82, 2.24) is 14.7 Å². The van der Waals surface area contributed by atoms with Crippen molar-refractivity contribution in [3.63, 3.8) is 0 Å². The molecule has 0 saturated heterocycles. The van der Waals surface area contributed by atoms with Gasteiger partial charge < -0.3 is 14.8 Å². The fourth-order valence-electron chi connectivity index (χ4n) is 2.59. The van der Waals surface area contributed by atoms with E-state index in [0.717, 1.165) is 0 Å². The zero-order valence-electron chi connectivity index (χ0n) is 14.1. The third-order valence-corrected chi connectivity index (χ3v) is 3.42. The van der Waals surface area contributed by atoms with Crippen molar-refractivity contribution in [3.05, 3.63) is 27.7 Å². The van der Waals surface area contributed by atoms with Gasteiger partial charge in [0.2, 0.25) is 0 Å². The summed E-state index contributed by atoms with van der Waals surface area (Å²) >= 11 is 0. The maximum atomic E-state index is 12.3. The summed E-state index contributed by atoms with van der Waals surface area (Å²) in [5, 5.41) is 3.18. The van der Waals surface area contributed by atoms with Crippen molar-refractivity contribution in [2.45, 2.75) is 39.3 Å². The standard InChI is InChI=1S/C15H21N3O5/c1-8-7-9(19)18-11(14(21)23-6)10(13(20)22-5)12(17(8)18)16-15(2,3)4/h7,11,16H,1-6H3. The molecule has 0 radical (unpaired) electrons. The van der Waals surface area contributed by atoms with E-state index in [9.17, 15) is 14.4 Å². The normalized spacial score (nSPS) is 17.0. The molecule has 0 amide bonds. The summed E-state index contributed by atoms with van der Waals surface area (Å²) in [6, 6.07) is 0.215. The maximum absolute atomic E-state index is 12.3. The highest BCUT2D eigenvalue weighted by Crippen LogP contribution is 2.32. The van der Waals surface area contributed by atoms with Crippen LogP contribution in [-0.4, -0.2) is 41.1 Å². The van der Waals surface area contributed by atoms with Crippen molar-refractivity contribution in [1.29, 1.82) is 0 Å². The molecule has 1 unspecified atom stereocenters. The summed E-state index contributed by atoms with van der Waals surface area (Å²) in [7, 11) is 2.43. The first-order valence-corrected chi connectivity index (χ1v) is 7.12. The van der Waals surface area contributed by atoms with Gasteiger partial charge in [-0.15, -0.1) is 0 Å². The van der Waals surface area contributed by atoms with Gasteiger partial charge >= 0.3 is 11.9 Å². The highest BCUT2D eigenvalue weighted by Gasteiger charge is 2.44. The molecule has 0 bridgehead atoms. The number of carbonyl (C=O) groups excluding carboxylic acids is 2. The predicted octanol–water partition coefficient (Wildman–Crippen LogP) is 0.416. The Bertz CT molecular complexity index is 748. The fourth-order valence-corrected chi connectivity index (χ4v) is 2.59. The predicted molar refractivity (Wildman–Crippen MR) is 82.6 cm³/mol. The van der Waals surface area contributed by atoms with Gasteiger partial charge in [0.1, 0.15) is 11.4 Å². The average molecular weight is 323 g/mol. The first-order valence-electron chi connectivity index (χ1n) is 7.12. The Morgan fingerprint density at radius 3 is 2.30 bits per heavy atom. The van der Waals surface area contributed by atoms with Crippen LogP contribution in [0.4, 0.5) is 0 Å². The van der Waals surface area contributed by atoms with Crippen molar-refractivity contribution in [2.24, 2.45) is 0 Å². The summed E-state index contributed by atoms with van der Waals surface area (Å²) in [6.45, 7) is 7.43. The van der Waals surface area contributed by atoms with Crippen molar-refractivity contribution in [2.75, 3.05) is 14.2 Å². The quantitative estimate of drug-likeness (QED) is 0.811. The minimum Gasteiger partial charge on any atom is -0.467 e. The SMILES string of the molecule is COC(=O)C1=C(NC(C)(C)C)n2c(C)cc(=O)n2C1C(=O)OC. The van der Waals surface area contributed by atoms with E-state index in [1.54, 1.807) is 6.92 Å². The van der Waals surface area contributed by atoms with E-state index in [-0.39, 0.29) is 5.57 Å². The Balaban J connectivity index is 2.79. The molecule has 126 valence electrons. The van der Waals surface area contributed by atoms with Crippen LogP contribution in [0.3, 0.4) is 0 Å². The van der Waals surface area contributed by atoms with Crippen molar-refractivity contribution < 1.29 is 19.1 Å². The van der Waals surface area contributed by atoms with Crippen molar-refractivity contribution in [3.8, 4) is 0 Å². The minimum atomic E-state index is -1.18. The zero-order chi connectivity index (χ0) is 17.5. The third kappa shape index (κ3) is 2.76. The van der Waals surface area contributed by atoms with E-state index in [1.807, 2.05) is 20.8 Å². The molecule has 0 aromatic carbocycles. The molecule has 2 heterocycles. The summed E-state index contributed by atoms with van der Waals surface area (Å²) in [5.74, 6) is -1.06. The van der Waals surface area contributed by atoms with E-state index in [0.29, 0.717) is 11.5 Å². The molecule has 0 fully saturated rings. The van der Waals surface area contributed by atoms with Gasteiger partial charge in [-0.2, -0.15) is 0 Å². The van der Waals surface area contributed by atoms with E-state index < -0.39 is 29.1 Å². The van der Waals surface area contributed by atoms with E-state index in [1.165, 1.54) is 29.6 Å². The monoisotopic (exact) mass is 323 g/mol. The van der Waals surface area contributed by atoms with Gasteiger partial charge in [-0.1, -0.05) is 0 Å². The number of nitrogens with zero attached hydrogens (tertiary/aromatic N) is 2. The molecule has 0 saturated carbocycles. The van der Waals surface area contributed by atoms with Crippen LogP contribution in [0.5, 0.6) is 0 Å². The number of esters is 2. The van der Waals surface area contributed by atoms with Crippen molar-refractivity contribution >= 4 is 17.8 Å². The number of aromatic nitrogens is 2. The van der Waals surface area contributed by atoms with E-state index >= 15 is 0 Å². The molecule has 1 aliphatic heterocycles. The smallest absolute Gasteiger partial charge is 0.340 e. The molecule has 1 N–H and O–H groups in total. The van der Waals surface area contributed by atoms with Gasteiger partial charge in [0, 0.05) is 17.3 Å². The van der Waals surface area contributed by atoms with Crippen LogP contribution in [0.25, 0.3) is 5.82 Å². The Hall–Kier alpha value is -2.51. The molecular weight excluding hydrogens is 302 g/mol. The van der Waals surface area contributed by atoms with Gasteiger partial charge in [-0.25, -0.2) is 19.0 Å². The van der Waals surface area contributed by atoms with Gasteiger partial charge in [-0.3, -0.25) is 4.79 Å². The van der Waals surface area contributed by atoms with E-state index in [4.69, 9.17) is 9.47 Å². The molecule has 1 aliphatic rings.